The van der Waals surface area contributed by atoms with Gasteiger partial charge in [-0.25, -0.2) is 4.98 Å². The number of morpholine rings is 1. The van der Waals surface area contributed by atoms with Gasteiger partial charge in [0.25, 0.3) is 5.91 Å². The summed E-state index contributed by atoms with van der Waals surface area (Å²) in [6, 6.07) is 15.3. The van der Waals surface area contributed by atoms with Crippen LogP contribution < -0.4 is 10.1 Å². The van der Waals surface area contributed by atoms with Gasteiger partial charge in [0.05, 0.1) is 31.6 Å². The molecule has 9 heteroatoms. The van der Waals surface area contributed by atoms with Crippen LogP contribution in [0.3, 0.4) is 0 Å². The van der Waals surface area contributed by atoms with Gasteiger partial charge in [0, 0.05) is 54.7 Å². The SMILES string of the molecule is COCC(=O)Nc1ccc(-c2cnc3[nH]cc(-c4ccccc4OC)c3c2)cc1C(=O)N1CCOCC1. The molecule has 1 saturated heterocycles. The summed E-state index contributed by atoms with van der Waals surface area (Å²) in [4.78, 5) is 35.3. The lowest BCUT2D eigenvalue weighted by Crippen LogP contribution is -2.41. The molecule has 190 valence electrons. The van der Waals surface area contributed by atoms with E-state index in [2.05, 4.69) is 15.3 Å². The first-order chi connectivity index (χ1) is 18.1. The molecule has 1 fully saturated rings. The molecule has 2 N–H and O–H groups in total. The average molecular weight is 501 g/mol. The molecule has 1 aliphatic heterocycles. The maximum absolute atomic E-state index is 13.5. The second-order valence-corrected chi connectivity index (χ2v) is 8.67. The van der Waals surface area contributed by atoms with Crippen LogP contribution in [0.15, 0.2) is 60.9 Å². The van der Waals surface area contributed by atoms with Crippen molar-refractivity contribution >= 4 is 28.5 Å². The van der Waals surface area contributed by atoms with E-state index in [0.717, 1.165) is 39.0 Å². The van der Waals surface area contributed by atoms with Gasteiger partial charge in [0.1, 0.15) is 18.0 Å². The number of amides is 2. The van der Waals surface area contributed by atoms with Crippen molar-refractivity contribution in [3.05, 3.63) is 66.5 Å². The van der Waals surface area contributed by atoms with Crippen LogP contribution in [0.5, 0.6) is 5.75 Å². The van der Waals surface area contributed by atoms with Gasteiger partial charge in [-0.15, -0.1) is 0 Å². The zero-order valence-electron chi connectivity index (χ0n) is 20.7. The third kappa shape index (κ3) is 5.04. The van der Waals surface area contributed by atoms with E-state index in [0.29, 0.717) is 37.6 Å². The Labute approximate surface area is 214 Å². The number of H-pyrrole nitrogens is 1. The van der Waals surface area contributed by atoms with Gasteiger partial charge in [0.2, 0.25) is 5.91 Å². The summed E-state index contributed by atoms with van der Waals surface area (Å²) in [6.45, 7) is 1.85. The highest BCUT2D eigenvalue weighted by Gasteiger charge is 2.23. The second-order valence-electron chi connectivity index (χ2n) is 8.67. The van der Waals surface area contributed by atoms with Crippen molar-refractivity contribution in [2.45, 2.75) is 0 Å². The average Bonchev–Trinajstić information content (AvgIpc) is 3.36. The number of carbonyl (C=O) groups excluding carboxylic acids is 2. The summed E-state index contributed by atoms with van der Waals surface area (Å²) in [5.74, 6) is 0.273. The fraction of sp³-hybridized carbons (Fsp3) is 0.250. The maximum Gasteiger partial charge on any atom is 0.256 e. The number of benzene rings is 2. The van der Waals surface area contributed by atoms with Crippen LogP contribution in [-0.4, -0.2) is 73.8 Å². The number of carbonyl (C=O) groups is 2. The lowest BCUT2D eigenvalue weighted by molar-refractivity contribution is -0.119. The summed E-state index contributed by atoms with van der Waals surface area (Å²) in [6.07, 6.45) is 3.69. The van der Waals surface area contributed by atoms with E-state index in [1.165, 1.54) is 7.11 Å². The second kappa shape index (κ2) is 10.8. The highest BCUT2D eigenvalue weighted by molar-refractivity contribution is 6.05. The number of hydrogen-bond donors (Lipinski definition) is 2. The monoisotopic (exact) mass is 500 g/mol. The number of pyridine rings is 1. The van der Waals surface area contributed by atoms with Crippen molar-refractivity contribution in [2.75, 3.05) is 52.4 Å². The maximum atomic E-state index is 13.5. The highest BCUT2D eigenvalue weighted by Crippen LogP contribution is 2.36. The molecule has 2 aromatic carbocycles. The summed E-state index contributed by atoms with van der Waals surface area (Å²) >= 11 is 0. The lowest BCUT2D eigenvalue weighted by atomic mass is 9.99. The molecule has 4 aromatic rings. The Kier molecular flexibility index (Phi) is 7.16. The van der Waals surface area contributed by atoms with Gasteiger partial charge in [-0.3, -0.25) is 9.59 Å². The summed E-state index contributed by atoms with van der Waals surface area (Å²) < 4.78 is 15.9. The number of hydrogen-bond acceptors (Lipinski definition) is 6. The molecule has 2 amide bonds. The summed E-state index contributed by atoms with van der Waals surface area (Å²) in [5, 5.41) is 3.73. The van der Waals surface area contributed by atoms with Crippen LogP contribution in [0.4, 0.5) is 5.69 Å². The third-order valence-corrected chi connectivity index (χ3v) is 6.36. The molecular formula is C28H28N4O5. The number of aromatic nitrogens is 2. The van der Waals surface area contributed by atoms with Crippen molar-refractivity contribution < 1.29 is 23.8 Å². The van der Waals surface area contributed by atoms with Crippen molar-refractivity contribution in [1.82, 2.24) is 14.9 Å². The molecule has 9 nitrogen and oxygen atoms in total. The molecule has 2 aromatic heterocycles. The minimum absolute atomic E-state index is 0.104. The van der Waals surface area contributed by atoms with E-state index in [-0.39, 0.29) is 18.4 Å². The fourth-order valence-electron chi connectivity index (χ4n) is 4.52. The first-order valence-corrected chi connectivity index (χ1v) is 12.0. The largest absolute Gasteiger partial charge is 0.496 e. The van der Waals surface area contributed by atoms with E-state index >= 15 is 0 Å². The van der Waals surface area contributed by atoms with Gasteiger partial charge in [0.15, 0.2) is 0 Å². The van der Waals surface area contributed by atoms with Crippen LogP contribution in [0.1, 0.15) is 10.4 Å². The van der Waals surface area contributed by atoms with Gasteiger partial charge < -0.3 is 29.4 Å². The van der Waals surface area contributed by atoms with Crippen LogP contribution in [-0.2, 0) is 14.3 Å². The van der Waals surface area contributed by atoms with Gasteiger partial charge in [-0.2, -0.15) is 0 Å². The molecule has 5 rings (SSSR count). The predicted molar refractivity (Wildman–Crippen MR) is 141 cm³/mol. The Morgan fingerprint density at radius 2 is 1.86 bits per heavy atom. The minimum Gasteiger partial charge on any atom is -0.496 e. The number of para-hydroxylation sites is 1. The molecule has 0 aliphatic carbocycles. The Bertz CT molecular complexity index is 1440. The van der Waals surface area contributed by atoms with E-state index in [4.69, 9.17) is 14.2 Å². The van der Waals surface area contributed by atoms with Crippen LogP contribution >= 0.6 is 0 Å². The van der Waals surface area contributed by atoms with E-state index in [1.807, 2.05) is 42.6 Å². The Morgan fingerprint density at radius 1 is 1.05 bits per heavy atom. The normalized spacial score (nSPS) is 13.5. The first kappa shape index (κ1) is 24.5. The number of rotatable bonds is 7. The first-order valence-electron chi connectivity index (χ1n) is 12.0. The number of anilines is 1. The number of fused-ring (bicyclic) bond motifs is 1. The number of ether oxygens (including phenoxy) is 3. The number of aromatic amines is 1. The molecule has 0 bridgehead atoms. The van der Waals surface area contributed by atoms with E-state index in [1.54, 1.807) is 30.3 Å². The van der Waals surface area contributed by atoms with E-state index < -0.39 is 0 Å². The molecule has 1 aliphatic rings. The Morgan fingerprint density at radius 3 is 2.65 bits per heavy atom. The van der Waals surface area contributed by atoms with Crippen molar-refractivity contribution in [3.63, 3.8) is 0 Å². The third-order valence-electron chi connectivity index (χ3n) is 6.36. The zero-order valence-corrected chi connectivity index (χ0v) is 20.7. The summed E-state index contributed by atoms with van der Waals surface area (Å²) in [5.41, 5.74) is 5.16. The Hall–Kier alpha value is -4.21. The highest BCUT2D eigenvalue weighted by atomic mass is 16.5. The molecule has 0 unspecified atom stereocenters. The lowest BCUT2D eigenvalue weighted by Gasteiger charge is -2.28. The minimum atomic E-state index is -0.330. The quantitative estimate of drug-likeness (QED) is 0.398. The standard InChI is InChI=1S/C28H28N4O5/c1-35-17-26(33)31-24-8-7-18(13-22(24)28(34)32-9-11-37-12-10-32)19-14-21-23(16-30-27(21)29-15-19)20-5-3-4-6-25(20)36-2/h3-8,13-16H,9-12,17H2,1-2H3,(H,29,30)(H,31,33). The molecular weight excluding hydrogens is 472 g/mol. The predicted octanol–water partition coefficient (Wildman–Crippen LogP) is 3.96. The zero-order chi connectivity index (χ0) is 25.8. The van der Waals surface area contributed by atoms with E-state index in [9.17, 15) is 9.59 Å². The van der Waals surface area contributed by atoms with Gasteiger partial charge >= 0.3 is 0 Å². The van der Waals surface area contributed by atoms with Gasteiger partial charge in [-0.1, -0.05) is 24.3 Å². The fourth-order valence-corrected chi connectivity index (χ4v) is 4.52. The van der Waals surface area contributed by atoms with Crippen molar-refractivity contribution in [3.8, 4) is 28.0 Å². The Balaban J connectivity index is 1.56. The van der Waals surface area contributed by atoms with Crippen LogP contribution in [0.2, 0.25) is 0 Å². The molecule has 3 heterocycles. The smallest absolute Gasteiger partial charge is 0.256 e. The molecule has 0 radical (unpaired) electrons. The number of methoxy groups -OCH3 is 2. The van der Waals surface area contributed by atoms with Crippen molar-refractivity contribution in [1.29, 1.82) is 0 Å². The number of nitrogens with zero attached hydrogens (tertiary/aromatic N) is 2. The molecule has 0 saturated carbocycles. The van der Waals surface area contributed by atoms with Gasteiger partial charge in [-0.05, 0) is 29.8 Å². The molecule has 0 spiro atoms. The topological polar surface area (TPSA) is 106 Å². The van der Waals surface area contributed by atoms with Crippen LogP contribution in [0.25, 0.3) is 33.3 Å². The molecule has 37 heavy (non-hydrogen) atoms. The van der Waals surface area contributed by atoms with Crippen molar-refractivity contribution in [2.24, 2.45) is 0 Å². The number of nitrogens with one attached hydrogen (secondary N) is 2. The van der Waals surface area contributed by atoms with Crippen LogP contribution in [0, 0.1) is 0 Å². The molecule has 0 atom stereocenters. The summed E-state index contributed by atoms with van der Waals surface area (Å²) in [7, 11) is 3.10.